The molecule has 0 amide bonds. The van der Waals surface area contributed by atoms with E-state index in [9.17, 15) is 0 Å². The molecule has 0 aliphatic heterocycles. The third-order valence-corrected chi connectivity index (χ3v) is 4.02. The molecular formula is C8H12. The van der Waals surface area contributed by atoms with E-state index in [1.165, 1.54) is 17.8 Å². The second kappa shape index (κ2) is 0.698. The maximum atomic E-state index is 2.47. The molecule has 0 nitrogen and oxygen atoms in total. The van der Waals surface area contributed by atoms with Gasteiger partial charge in [-0.25, -0.2) is 0 Å². The van der Waals surface area contributed by atoms with Gasteiger partial charge >= 0.3 is 0 Å². The second-order valence-electron chi connectivity index (χ2n) is 4.28. The van der Waals surface area contributed by atoms with Crippen LogP contribution in [0.4, 0.5) is 0 Å². The van der Waals surface area contributed by atoms with Crippen molar-refractivity contribution >= 4 is 0 Å². The molecular weight excluding hydrogens is 96.1 g/mol. The topological polar surface area (TPSA) is 0 Å². The predicted molar refractivity (Wildman–Crippen MR) is 32.4 cm³/mol. The number of hydrogen-bond donors (Lipinski definition) is 0. The van der Waals surface area contributed by atoms with E-state index < -0.39 is 0 Å². The van der Waals surface area contributed by atoms with Crippen LogP contribution in [0.3, 0.4) is 0 Å². The third kappa shape index (κ3) is 0.178. The van der Waals surface area contributed by atoms with E-state index in [0.717, 1.165) is 11.3 Å². The van der Waals surface area contributed by atoms with Crippen molar-refractivity contribution < 1.29 is 0 Å². The zero-order chi connectivity index (χ0) is 5.52. The Bertz CT molecular complexity index is 161. The normalized spacial score (nSPS) is 81.8. The molecule has 8 heavy (non-hydrogen) atoms. The number of fused-ring (bicyclic) bond motifs is 4. The largest absolute Gasteiger partial charge is 0.0619 e. The van der Waals surface area contributed by atoms with Gasteiger partial charge < -0.3 is 0 Å². The lowest BCUT2D eigenvalue weighted by atomic mass is 9.87. The number of hydrogen-bond acceptors (Lipinski definition) is 0. The van der Waals surface area contributed by atoms with E-state index in [1.807, 2.05) is 0 Å². The highest BCUT2D eigenvalue weighted by atomic mass is 14.9. The lowest BCUT2D eigenvalue weighted by Gasteiger charge is -2.17. The van der Waals surface area contributed by atoms with E-state index in [2.05, 4.69) is 13.8 Å². The smallest absolute Gasteiger partial charge is 0.0258 e. The Morgan fingerprint density at radius 3 is 2.50 bits per heavy atom. The monoisotopic (exact) mass is 108 g/mol. The van der Waals surface area contributed by atoms with Crippen LogP contribution in [0.25, 0.3) is 0 Å². The summed E-state index contributed by atoms with van der Waals surface area (Å²) in [5.41, 5.74) is 0.893. The Morgan fingerprint density at radius 1 is 1.50 bits per heavy atom. The zero-order valence-corrected chi connectivity index (χ0v) is 5.52. The van der Waals surface area contributed by atoms with Crippen molar-refractivity contribution in [3.05, 3.63) is 0 Å². The Hall–Kier alpha value is 0. The summed E-state index contributed by atoms with van der Waals surface area (Å²) >= 11 is 0. The molecule has 0 saturated heterocycles. The minimum atomic E-state index is 0.893. The summed E-state index contributed by atoms with van der Waals surface area (Å²) in [6.45, 7) is 4.90. The summed E-state index contributed by atoms with van der Waals surface area (Å²) in [6.07, 6.45) is 1.58. The van der Waals surface area contributed by atoms with E-state index in [-0.39, 0.29) is 0 Å². The van der Waals surface area contributed by atoms with Crippen LogP contribution in [0.2, 0.25) is 0 Å². The summed E-state index contributed by atoms with van der Waals surface area (Å²) in [4.78, 5) is 0. The lowest BCUT2D eigenvalue weighted by molar-refractivity contribution is 0.295. The van der Waals surface area contributed by atoms with Crippen LogP contribution in [0.15, 0.2) is 0 Å². The minimum absolute atomic E-state index is 0.893. The molecule has 5 atom stereocenters. The molecule has 3 aliphatic rings. The first-order valence-corrected chi connectivity index (χ1v) is 3.75. The van der Waals surface area contributed by atoms with Gasteiger partial charge in [0.1, 0.15) is 0 Å². The fourth-order valence-corrected chi connectivity index (χ4v) is 3.41. The van der Waals surface area contributed by atoms with Crippen molar-refractivity contribution in [1.29, 1.82) is 0 Å². The van der Waals surface area contributed by atoms with E-state index in [1.54, 1.807) is 6.42 Å². The van der Waals surface area contributed by atoms with Gasteiger partial charge in [0.2, 0.25) is 0 Å². The van der Waals surface area contributed by atoms with Gasteiger partial charge in [0, 0.05) is 0 Å². The average Bonchev–Trinajstić information content (AvgIpc) is 2.42. The molecule has 3 aliphatic carbocycles. The highest BCUT2D eigenvalue weighted by Gasteiger charge is 2.82. The fourth-order valence-electron chi connectivity index (χ4n) is 3.41. The zero-order valence-electron chi connectivity index (χ0n) is 5.52. The van der Waals surface area contributed by atoms with Crippen LogP contribution >= 0.6 is 0 Å². The quantitative estimate of drug-likeness (QED) is 0.444. The second-order valence-corrected chi connectivity index (χ2v) is 4.28. The van der Waals surface area contributed by atoms with Crippen molar-refractivity contribution in [2.24, 2.45) is 29.1 Å². The van der Waals surface area contributed by atoms with Crippen molar-refractivity contribution in [2.75, 3.05) is 0 Å². The highest BCUT2D eigenvalue weighted by Crippen LogP contribution is 2.87. The van der Waals surface area contributed by atoms with Gasteiger partial charge in [-0.2, -0.15) is 0 Å². The molecule has 0 spiro atoms. The fraction of sp³-hybridized carbons (Fsp3) is 1.00. The van der Waals surface area contributed by atoms with Gasteiger partial charge in [0.25, 0.3) is 0 Å². The van der Waals surface area contributed by atoms with Gasteiger partial charge in [-0.1, -0.05) is 13.8 Å². The van der Waals surface area contributed by atoms with Crippen molar-refractivity contribution in [2.45, 2.75) is 20.3 Å². The SMILES string of the molecule is CC1C2C3CC3(C)C12. The van der Waals surface area contributed by atoms with Crippen molar-refractivity contribution in [3.63, 3.8) is 0 Å². The molecule has 0 heteroatoms. The van der Waals surface area contributed by atoms with E-state index >= 15 is 0 Å². The maximum Gasteiger partial charge on any atom is -0.0258 e. The van der Waals surface area contributed by atoms with Gasteiger partial charge in [-0.05, 0) is 35.5 Å². The van der Waals surface area contributed by atoms with Crippen molar-refractivity contribution in [3.8, 4) is 0 Å². The number of rotatable bonds is 0. The molecule has 0 aromatic heterocycles. The summed E-state index contributed by atoms with van der Waals surface area (Å²) in [5.74, 6) is 4.72. The predicted octanol–water partition coefficient (Wildman–Crippen LogP) is 1.91. The molecule has 5 unspecified atom stereocenters. The molecule has 3 fully saturated rings. The summed E-state index contributed by atoms with van der Waals surface area (Å²) < 4.78 is 0. The Morgan fingerprint density at radius 2 is 2.25 bits per heavy atom. The maximum absolute atomic E-state index is 2.47. The van der Waals surface area contributed by atoms with E-state index in [0.29, 0.717) is 0 Å². The first-order chi connectivity index (χ1) is 3.75. The summed E-state index contributed by atoms with van der Waals surface area (Å²) in [5, 5.41) is 0. The molecule has 0 bridgehead atoms. The molecule has 0 aromatic rings. The van der Waals surface area contributed by atoms with Crippen LogP contribution in [-0.2, 0) is 0 Å². The highest BCUT2D eigenvalue weighted by molar-refractivity contribution is 5.29. The Labute approximate surface area is 50.3 Å². The van der Waals surface area contributed by atoms with E-state index in [4.69, 9.17) is 0 Å². The van der Waals surface area contributed by atoms with Crippen LogP contribution in [-0.4, -0.2) is 0 Å². The Balaban J connectivity index is 2.00. The van der Waals surface area contributed by atoms with Crippen LogP contribution in [0.1, 0.15) is 20.3 Å². The van der Waals surface area contributed by atoms with Gasteiger partial charge in [0.15, 0.2) is 0 Å². The van der Waals surface area contributed by atoms with Crippen molar-refractivity contribution in [1.82, 2.24) is 0 Å². The third-order valence-electron chi connectivity index (χ3n) is 4.02. The van der Waals surface area contributed by atoms with Crippen LogP contribution in [0.5, 0.6) is 0 Å². The molecule has 0 heterocycles. The molecule has 0 radical (unpaired) electrons. The van der Waals surface area contributed by atoms with Gasteiger partial charge in [-0.3, -0.25) is 0 Å². The summed E-state index contributed by atoms with van der Waals surface area (Å²) in [6, 6.07) is 0. The molecule has 44 valence electrons. The van der Waals surface area contributed by atoms with Gasteiger partial charge in [-0.15, -0.1) is 0 Å². The minimum Gasteiger partial charge on any atom is -0.0619 e. The Kier molecular flexibility index (Phi) is 0.342. The summed E-state index contributed by atoms with van der Waals surface area (Å²) in [7, 11) is 0. The first-order valence-electron chi connectivity index (χ1n) is 3.75. The molecule has 3 saturated carbocycles. The van der Waals surface area contributed by atoms with Crippen LogP contribution < -0.4 is 0 Å². The van der Waals surface area contributed by atoms with Gasteiger partial charge in [0.05, 0.1) is 0 Å². The molecule has 3 rings (SSSR count). The first kappa shape index (κ1) is 3.92. The van der Waals surface area contributed by atoms with Crippen LogP contribution in [0, 0.1) is 29.1 Å². The average molecular weight is 108 g/mol. The lowest BCUT2D eigenvalue weighted by Crippen LogP contribution is -2.13. The standard InChI is InChI=1S/C8H12/c1-4-6-5-3-8(5,2)7(4)6/h4-7H,3H2,1-2H3. The molecule has 0 aromatic carbocycles. The molecule has 0 N–H and O–H groups in total.